The molecule has 0 amide bonds. The molecule has 0 spiro atoms. The van der Waals surface area contributed by atoms with E-state index in [1.807, 2.05) is 0 Å². The second-order valence-corrected chi connectivity index (χ2v) is 16.2. The first-order valence-corrected chi connectivity index (χ1v) is 24.3. The Balaban J connectivity index is 2.29. The summed E-state index contributed by atoms with van der Waals surface area (Å²) in [4.78, 5) is 12.8. The average molecular weight is 869 g/mol. The third kappa shape index (κ3) is 33.6. The number of ether oxygens (including phenoxy) is 4. The maximum Gasteiger partial charge on any atom is 0.306 e. The predicted octanol–water partition coefficient (Wildman–Crippen LogP) is 11.6. The topological polar surface area (TPSA) is 135 Å². The van der Waals surface area contributed by atoms with E-state index in [0.717, 1.165) is 103 Å². The van der Waals surface area contributed by atoms with Gasteiger partial charge in [0.05, 0.1) is 19.8 Å². The molecule has 0 aromatic carbocycles. The van der Waals surface area contributed by atoms with Gasteiger partial charge in [-0.05, 0) is 96.3 Å². The van der Waals surface area contributed by atoms with Crippen LogP contribution >= 0.6 is 0 Å². The van der Waals surface area contributed by atoms with Crippen LogP contribution in [0.1, 0.15) is 168 Å². The Hall–Kier alpha value is -2.89. The van der Waals surface area contributed by atoms with Crippen molar-refractivity contribution >= 4 is 5.97 Å². The van der Waals surface area contributed by atoms with E-state index in [9.17, 15) is 25.2 Å². The zero-order chi connectivity index (χ0) is 45.0. The van der Waals surface area contributed by atoms with Crippen molar-refractivity contribution < 1.29 is 44.2 Å². The molecule has 1 fully saturated rings. The predicted molar refractivity (Wildman–Crippen MR) is 256 cm³/mol. The standard InChI is InChI=1S/C53H88O9/c1-3-5-7-9-11-13-15-17-19-20-21-22-23-24-25-26-27-29-31-33-35-37-39-41-43-59-45-47(46-60-53-52(58)51(57)50(56)48(44-54)62-53)61-49(55)42-40-38-36-34-32-30-28-18-16-14-12-10-8-6-4-2/h5,7,11,13,17-19,21-22,24-25,27-29,33,35,47-48,50-54,56-58H,3-4,6,8-10,12,14-16,20,23,26,30-32,34,36-46H2,1-2H3/b7-5-,13-11-,19-17-,22-21-,25-24-,28-18-,29-27-,35-33-. The average Bonchev–Trinajstić information content (AvgIpc) is 3.27. The van der Waals surface area contributed by atoms with Crippen molar-refractivity contribution in [3.8, 4) is 0 Å². The van der Waals surface area contributed by atoms with E-state index in [2.05, 4.69) is 111 Å². The Kier molecular flexibility index (Phi) is 40.0. The van der Waals surface area contributed by atoms with E-state index in [0.29, 0.717) is 13.0 Å². The van der Waals surface area contributed by atoms with Gasteiger partial charge in [-0.25, -0.2) is 0 Å². The lowest BCUT2D eigenvalue weighted by atomic mass is 9.99. The number of unbranched alkanes of at least 4 members (excludes halogenated alkanes) is 13. The Labute approximate surface area is 377 Å². The number of hydrogen-bond acceptors (Lipinski definition) is 9. The summed E-state index contributed by atoms with van der Waals surface area (Å²) in [6, 6.07) is 0. The first-order valence-electron chi connectivity index (χ1n) is 24.3. The third-order valence-electron chi connectivity index (χ3n) is 10.5. The van der Waals surface area contributed by atoms with Crippen LogP contribution in [-0.4, -0.2) is 89.6 Å². The molecule has 6 unspecified atom stereocenters. The molecule has 9 heteroatoms. The van der Waals surface area contributed by atoms with Crippen LogP contribution in [0.2, 0.25) is 0 Å². The minimum Gasteiger partial charge on any atom is -0.457 e. The van der Waals surface area contributed by atoms with Crippen LogP contribution in [0.5, 0.6) is 0 Å². The molecule has 0 aromatic heterocycles. The number of rotatable bonds is 40. The summed E-state index contributed by atoms with van der Waals surface area (Å²) in [5, 5.41) is 40.2. The maximum atomic E-state index is 12.8. The zero-order valence-corrected chi connectivity index (χ0v) is 38.8. The molecule has 0 saturated carbocycles. The third-order valence-corrected chi connectivity index (χ3v) is 10.5. The molecule has 1 saturated heterocycles. The summed E-state index contributed by atoms with van der Waals surface area (Å²) >= 11 is 0. The normalized spacial score (nSPS) is 20.6. The van der Waals surface area contributed by atoms with Crippen LogP contribution in [0.15, 0.2) is 97.2 Å². The molecule has 9 nitrogen and oxygen atoms in total. The fraction of sp³-hybridized carbons (Fsp3) is 0.679. The number of hydrogen-bond donors (Lipinski definition) is 4. The van der Waals surface area contributed by atoms with Crippen LogP contribution in [0, 0.1) is 0 Å². The Morgan fingerprint density at radius 1 is 0.532 bits per heavy atom. The zero-order valence-electron chi connectivity index (χ0n) is 38.8. The highest BCUT2D eigenvalue weighted by molar-refractivity contribution is 5.69. The van der Waals surface area contributed by atoms with E-state index in [1.54, 1.807) is 0 Å². The van der Waals surface area contributed by atoms with E-state index in [1.165, 1.54) is 44.9 Å². The second-order valence-electron chi connectivity index (χ2n) is 16.2. The van der Waals surface area contributed by atoms with Gasteiger partial charge in [0.15, 0.2) is 6.29 Å². The van der Waals surface area contributed by atoms with Gasteiger partial charge in [0, 0.05) is 13.0 Å². The molecule has 0 aliphatic carbocycles. The lowest BCUT2D eigenvalue weighted by Gasteiger charge is -2.39. The van der Waals surface area contributed by atoms with Crippen molar-refractivity contribution in [2.75, 3.05) is 26.4 Å². The van der Waals surface area contributed by atoms with Crippen molar-refractivity contribution in [1.82, 2.24) is 0 Å². The van der Waals surface area contributed by atoms with E-state index >= 15 is 0 Å². The highest BCUT2D eigenvalue weighted by Crippen LogP contribution is 2.22. The van der Waals surface area contributed by atoms with Crippen molar-refractivity contribution in [2.45, 2.75) is 205 Å². The molecular formula is C53H88O9. The van der Waals surface area contributed by atoms with Crippen molar-refractivity contribution in [2.24, 2.45) is 0 Å². The summed E-state index contributed by atoms with van der Waals surface area (Å²) in [6.45, 7) is 4.30. The molecule has 4 N–H and O–H groups in total. The van der Waals surface area contributed by atoms with Gasteiger partial charge in [0.25, 0.3) is 0 Å². The quantitative estimate of drug-likeness (QED) is 0.0270. The van der Waals surface area contributed by atoms with Crippen molar-refractivity contribution in [3.05, 3.63) is 97.2 Å². The molecule has 1 heterocycles. The SMILES string of the molecule is CC/C=C\C/C=C\C/C=C\C/C=C\C/C=C\C/C=C\C/C=C\CCCCOCC(COC1OC(CO)C(O)C(O)C1O)OC(=O)CCCCCCC/C=C\CCCCCCCC. The minimum absolute atomic E-state index is 0.105. The molecule has 6 atom stereocenters. The number of aliphatic hydroxyl groups excluding tert-OH is 4. The summed E-state index contributed by atoms with van der Waals surface area (Å²) in [7, 11) is 0. The first kappa shape index (κ1) is 57.1. The summed E-state index contributed by atoms with van der Waals surface area (Å²) < 4.78 is 22.8. The highest BCUT2D eigenvalue weighted by Gasteiger charge is 2.44. The monoisotopic (exact) mass is 869 g/mol. The highest BCUT2D eigenvalue weighted by atomic mass is 16.7. The van der Waals surface area contributed by atoms with Gasteiger partial charge in [-0.15, -0.1) is 0 Å². The van der Waals surface area contributed by atoms with Crippen LogP contribution in [-0.2, 0) is 23.7 Å². The van der Waals surface area contributed by atoms with E-state index in [4.69, 9.17) is 18.9 Å². The van der Waals surface area contributed by atoms with E-state index in [-0.39, 0.29) is 19.2 Å². The lowest BCUT2D eigenvalue weighted by Crippen LogP contribution is -2.59. The molecule has 0 radical (unpaired) electrons. The maximum absolute atomic E-state index is 12.8. The molecule has 0 bridgehead atoms. The second kappa shape index (κ2) is 43.4. The molecule has 1 aliphatic rings. The number of aliphatic hydroxyl groups is 4. The van der Waals surface area contributed by atoms with Gasteiger partial charge in [0.1, 0.15) is 30.5 Å². The van der Waals surface area contributed by atoms with Crippen LogP contribution < -0.4 is 0 Å². The van der Waals surface area contributed by atoms with Crippen LogP contribution in [0.3, 0.4) is 0 Å². The molecule has 1 aliphatic heterocycles. The molecule has 62 heavy (non-hydrogen) atoms. The van der Waals surface area contributed by atoms with Crippen LogP contribution in [0.25, 0.3) is 0 Å². The van der Waals surface area contributed by atoms with Gasteiger partial charge >= 0.3 is 5.97 Å². The molecule has 0 aromatic rings. The summed E-state index contributed by atoms with van der Waals surface area (Å²) in [5.41, 5.74) is 0. The van der Waals surface area contributed by atoms with Gasteiger partial charge in [-0.3, -0.25) is 4.79 Å². The number of carbonyl (C=O) groups excluding carboxylic acids is 1. The molecular weight excluding hydrogens is 781 g/mol. The Bertz CT molecular complexity index is 1260. The number of carbonyl (C=O) groups is 1. The van der Waals surface area contributed by atoms with Crippen molar-refractivity contribution in [3.63, 3.8) is 0 Å². The smallest absolute Gasteiger partial charge is 0.306 e. The summed E-state index contributed by atoms with van der Waals surface area (Å²) in [6.07, 6.45) is 53.0. The van der Waals surface area contributed by atoms with Crippen molar-refractivity contribution in [1.29, 1.82) is 0 Å². The largest absolute Gasteiger partial charge is 0.457 e. The molecule has 1 rings (SSSR count). The minimum atomic E-state index is -1.55. The van der Waals surface area contributed by atoms with Gasteiger partial charge in [-0.2, -0.15) is 0 Å². The fourth-order valence-corrected chi connectivity index (χ4v) is 6.70. The lowest BCUT2D eigenvalue weighted by molar-refractivity contribution is -0.305. The Morgan fingerprint density at radius 2 is 0.984 bits per heavy atom. The molecule has 354 valence electrons. The number of allylic oxidation sites excluding steroid dienone is 16. The fourth-order valence-electron chi connectivity index (χ4n) is 6.70. The summed E-state index contributed by atoms with van der Waals surface area (Å²) in [5.74, 6) is -0.342. The van der Waals surface area contributed by atoms with Gasteiger partial charge < -0.3 is 39.4 Å². The van der Waals surface area contributed by atoms with Gasteiger partial charge in [0.2, 0.25) is 0 Å². The van der Waals surface area contributed by atoms with E-state index < -0.39 is 43.4 Å². The van der Waals surface area contributed by atoms with Gasteiger partial charge in [-0.1, -0.05) is 162 Å². The van der Waals surface area contributed by atoms with Crippen LogP contribution in [0.4, 0.5) is 0 Å². The Morgan fingerprint density at radius 3 is 1.50 bits per heavy atom. The first-order chi connectivity index (χ1) is 30.4. The number of esters is 1.